The van der Waals surface area contributed by atoms with Gasteiger partial charge in [0.25, 0.3) is 0 Å². The highest BCUT2D eigenvalue weighted by Gasteiger charge is 2.27. The molecule has 0 saturated heterocycles. The van der Waals surface area contributed by atoms with Crippen LogP contribution >= 0.6 is 0 Å². The van der Waals surface area contributed by atoms with E-state index in [2.05, 4.69) is 17.0 Å². The van der Waals surface area contributed by atoms with E-state index in [1.165, 1.54) is 64.9 Å². The number of rotatable bonds is 16. The third-order valence-electron chi connectivity index (χ3n) is 4.92. The van der Waals surface area contributed by atoms with E-state index < -0.39 is 12.1 Å². The fraction of sp³-hybridized carbons (Fsp3) is 0.905. The summed E-state index contributed by atoms with van der Waals surface area (Å²) in [6, 6.07) is -0.639. The molecule has 0 radical (unpaired) electrons. The van der Waals surface area contributed by atoms with E-state index in [1.54, 1.807) is 0 Å². The van der Waals surface area contributed by atoms with Crippen LogP contribution in [0.5, 0.6) is 0 Å². The van der Waals surface area contributed by atoms with Crippen LogP contribution in [-0.4, -0.2) is 31.8 Å². The Morgan fingerprint density at radius 2 is 1.35 bits per heavy atom. The Kier molecular flexibility index (Phi) is 16.3. The molecule has 0 bridgehead atoms. The second-order valence-corrected chi connectivity index (χ2v) is 7.20. The maximum atomic E-state index is 12.2. The second kappa shape index (κ2) is 17.2. The molecule has 0 aliphatic heterocycles. The minimum Gasteiger partial charge on any atom is -0.464 e. The molecule has 1 N–H and O–H groups in total. The predicted octanol–water partition coefficient (Wildman–Crippen LogP) is 5.61. The van der Waals surface area contributed by atoms with E-state index in [4.69, 9.17) is 4.74 Å². The highest BCUT2D eigenvalue weighted by atomic mass is 16.5. The van der Waals surface area contributed by atoms with Crippen molar-refractivity contribution in [2.24, 2.45) is 5.92 Å². The molecule has 5 nitrogen and oxygen atoms in total. The minimum absolute atomic E-state index is 0.0129. The zero-order valence-corrected chi connectivity index (χ0v) is 17.5. The summed E-state index contributed by atoms with van der Waals surface area (Å²) in [7, 11) is 1.29. The Hall–Kier alpha value is -1.26. The van der Waals surface area contributed by atoms with Gasteiger partial charge in [0.1, 0.15) is 6.04 Å². The van der Waals surface area contributed by atoms with Crippen molar-refractivity contribution in [3.05, 3.63) is 0 Å². The van der Waals surface area contributed by atoms with Crippen LogP contribution in [0.4, 0.5) is 4.79 Å². The molecule has 2 atom stereocenters. The van der Waals surface area contributed by atoms with Crippen molar-refractivity contribution in [2.45, 2.75) is 104 Å². The largest absolute Gasteiger partial charge is 0.464 e. The molecule has 1 amide bonds. The van der Waals surface area contributed by atoms with Crippen molar-refractivity contribution in [1.82, 2.24) is 5.32 Å². The van der Waals surface area contributed by atoms with Gasteiger partial charge in [-0.25, -0.2) is 9.59 Å². The van der Waals surface area contributed by atoms with Crippen molar-refractivity contribution in [3.63, 3.8) is 0 Å². The molecule has 0 heterocycles. The number of unbranched alkanes of at least 4 members (excludes halogenated alkanes) is 10. The second-order valence-electron chi connectivity index (χ2n) is 7.20. The molecule has 0 aromatic rings. The van der Waals surface area contributed by atoms with Crippen LogP contribution in [0.3, 0.4) is 0 Å². The number of carbonyl (C=O) groups excluding carboxylic acids is 2. The molecule has 154 valence electrons. The van der Waals surface area contributed by atoms with Gasteiger partial charge in [0.15, 0.2) is 0 Å². The molecule has 5 heteroatoms. The standard InChI is InChI=1S/C21H41NO4/c1-5-7-8-9-10-11-12-13-14-15-16-17-26-20(23)19(18(3)6-2)22-21(24)25-4/h18-19H,5-17H2,1-4H3,(H,22,24)/t18?,19-/m0/s1. The zero-order valence-electron chi connectivity index (χ0n) is 17.5. The predicted molar refractivity (Wildman–Crippen MR) is 106 cm³/mol. The quantitative estimate of drug-likeness (QED) is 0.283. The lowest BCUT2D eigenvalue weighted by atomic mass is 9.99. The summed E-state index contributed by atoms with van der Waals surface area (Å²) in [5.41, 5.74) is 0. The smallest absolute Gasteiger partial charge is 0.407 e. The van der Waals surface area contributed by atoms with E-state index >= 15 is 0 Å². The number of esters is 1. The Morgan fingerprint density at radius 1 is 0.846 bits per heavy atom. The number of amides is 1. The van der Waals surface area contributed by atoms with Gasteiger partial charge in [-0.3, -0.25) is 0 Å². The molecule has 0 aromatic carbocycles. The molecule has 0 fully saturated rings. The van der Waals surface area contributed by atoms with E-state index in [0.29, 0.717) is 6.61 Å². The molecule has 0 rings (SSSR count). The lowest BCUT2D eigenvalue weighted by Crippen LogP contribution is -2.46. The summed E-state index contributed by atoms with van der Waals surface area (Å²) < 4.78 is 9.93. The van der Waals surface area contributed by atoms with E-state index in [9.17, 15) is 9.59 Å². The first kappa shape index (κ1) is 24.7. The Labute approximate surface area is 160 Å². The minimum atomic E-state index is -0.639. The zero-order chi connectivity index (χ0) is 19.6. The van der Waals surface area contributed by atoms with Crippen LogP contribution in [0.1, 0.15) is 97.8 Å². The summed E-state index contributed by atoms with van der Waals surface area (Å²) in [5, 5.41) is 2.57. The van der Waals surface area contributed by atoms with Crippen LogP contribution in [0.15, 0.2) is 0 Å². The highest BCUT2D eigenvalue weighted by molar-refractivity contribution is 5.81. The lowest BCUT2D eigenvalue weighted by Gasteiger charge is -2.21. The van der Waals surface area contributed by atoms with Gasteiger partial charge in [-0.05, 0) is 12.3 Å². The summed E-state index contributed by atoms with van der Waals surface area (Å²) in [6.45, 7) is 6.57. The number of alkyl carbamates (subject to hydrolysis) is 1. The van der Waals surface area contributed by atoms with E-state index in [-0.39, 0.29) is 11.9 Å². The summed E-state index contributed by atoms with van der Waals surface area (Å²) in [4.78, 5) is 23.6. The number of hydrogen-bond donors (Lipinski definition) is 1. The highest BCUT2D eigenvalue weighted by Crippen LogP contribution is 2.12. The molecular formula is C21H41NO4. The number of hydrogen-bond acceptors (Lipinski definition) is 4. The number of methoxy groups -OCH3 is 1. The fourth-order valence-corrected chi connectivity index (χ4v) is 2.88. The molecule has 0 aliphatic carbocycles. The maximum absolute atomic E-state index is 12.2. The Morgan fingerprint density at radius 3 is 1.81 bits per heavy atom. The van der Waals surface area contributed by atoms with Crippen molar-refractivity contribution >= 4 is 12.1 Å². The summed E-state index contributed by atoms with van der Waals surface area (Å²) >= 11 is 0. The lowest BCUT2D eigenvalue weighted by molar-refractivity contribution is -0.147. The van der Waals surface area contributed by atoms with Gasteiger partial charge in [0, 0.05) is 0 Å². The third kappa shape index (κ3) is 13.0. The number of nitrogens with one attached hydrogen (secondary N) is 1. The van der Waals surface area contributed by atoms with Crippen molar-refractivity contribution < 1.29 is 19.1 Å². The average molecular weight is 372 g/mol. The molecule has 0 aliphatic rings. The molecule has 1 unspecified atom stereocenters. The average Bonchev–Trinajstić information content (AvgIpc) is 2.65. The van der Waals surface area contributed by atoms with Crippen LogP contribution in [0, 0.1) is 5.92 Å². The van der Waals surface area contributed by atoms with Crippen molar-refractivity contribution in [3.8, 4) is 0 Å². The molecule has 0 aromatic heterocycles. The van der Waals surface area contributed by atoms with Gasteiger partial charge in [0.2, 0.25) is 0 Å². The van der Waals surface area contributed by atoms with E-state index in [1.807, 2.05) is 13.8 Å². The van der Waals surface area contributed by atoms with E-state index in [0.717, 1.165) is 19.3 Å². The molecule has 26 heavy (non-hydrogen) atoms. The van der Waals surface area contributed by atoms with Crippen LogP contribution in [0.25, 0.3) is 0 Å². The van der Waals surface area contributed by atoms with Crippen molar-refractivity contribution in [2.75, 3.05) is 13.7 Å². The van der Waals surface area contributed by atoms with Gasteiger partial charge >= 0.3 is 12.1 Å². The van der Waals surface area contributed by atoms with Crippen LogP contribution in [-0.2, 0) is 14.3 Å². The first-order valence-electron chi connectivity index (χ1n) is 10.6. The van der Waals surface area contributed by atoms with Gasteiger partial charge < -0.3 is 14.8 Å². The number of ether oxygens (including phenoxy) is 2. The summed E-state index contributed by atoms with van der Waals surface area (Å²) in [6.07, 6.45) is 14.1. The Balaban J connectivity index is 3.71. The summed E-state index contributed by atoms with van der Waals surface area (Å²) in [5.74, 6) is -0.351. The van der Waals surface area contributed by atoms with Crippen molar-refractivity contribution in [1.29, 1.82) is 0 Å². The van der Waals surface area contributed by atoms with Gasteiger partial charge in [0.05, 0.1) is 13.7 Å². The molecule has 0 spiro atoms. The van der Waals surface area contributed by atoms with Gasteiger partial charge in [-0.15, -0.1) is 0 Å². The monoisotopic (exact) mass is 371 g/mol. The Bertz CT molecular complexity index is 360. The topological polar surface area (TPSA) is 64.6 Å². The molecular weight excluding hydrogens is 330 g/mol. The van der Waals surface area contributed by atoms with Gasteiger partial charge in [-0.2, -0.15) is 0 Å². The first-order valence-corrected chi connectivity index (χ1v) is 10.6. The van der Waals surface area contributed by atoms with Crippen LogP contribution in [0.2, 0.25) is 0 Å². The molecule has 0 saturated carbocycles. The maximum Gasteiger partial charge on any atom is 0.407 e. The SMILES string of the molecule is CCCCCCCCCCCCCOC(=O)[C@@H](NC(=O)OC)C(C)CC. The van der Waals surface area contributed by atoms with Crippen LogP contribution < -0.4 is 5.32 Å². The third-order valence-corrected chi connectivity index (χ3v) is 4.92. The number of carbonyl (C=O) groups is 2. The first-order chi connectivity index (χ1) is 12.6. The normalized spacial score (nSPS) is 13.1. The van der Waals surface area contributed by atoms with Gasteiger partial charge in [-0.1, -0.05) is 91.4 Å². The fourth-order valence-electron chi connectivity index (χ4n) is 2.88.